The zero-order chi connectivity index (χ0) is 21.9. The number of nitrogens with two attached hydrogens (primary N) is 1. The fourth-order valence-corrected chi connectivity index (χ4v) is 3.85. The van der Waals surface area contributed by atoms with Gasteiger partial charge in [-0.3, -0.25) is 0 Å². The molecule has 0 bridgehead atoms. The van der Waals surface area contributed by atoms with Crippen molar-refractivity contribution >= 4 is 11.9 Å². The molecule has 1 fully saturated rings. The van der Waals surface area contributed by atoms with Gasteiger partial charge in [0.15, 0.2) is 11.7 Å². The molecule has 1 aliphatic heterocycles. The highest BCUT2D eigenvalue weighted by atomic mass is 16.5. The zero-order valence-electron chi connectivity index (χ0n) is 18.2. The molecule has 1 aromatic heterocycles. The minimum Gasteiger partial charge on any atom is -0.539 e. The maximum absolute atomic E-state index is 9.04. The lowest BCUT2D eigenvalue weighted by atomic mass is 9.75. The van der Waals surface area contributed by atoms with Crippen molar-refractivity contribution in [3.05, 3.63) is 24.2 Å². The van der Waals surface area contributed by atoms with Gasteiger partial charge in [-0.1, -0.05) is 20.3 Å². The van der Waals surface area contributed by atoms with Crippen LogP contribution >= 0.6 is 0 Å². The van der Waals surface area contributed by atoms with Crippen LogP contribution in [0.5, 0.6) is 0 Å². The predicted molar refractivity (Wildman–Crippen MR) is 107 cm³/mol. The van der Waals surface area contributed by atoms with Gasteiger partial charge in [0.2, 0.25) is 0 Å². The number of quaternary nitrogens is 1. The minimum atomic E-state index is -2.07. The highest BCUT2D eigenvalue weighted by molar-refractivity contribution is 6.26. The van der Waals surface area contributed by atoms with Gasteiger partial charge in [-0.15, -0.1) is 0 Å². The minimum absolute atomic E-state index is 0.0663. The van der Waals surface area contributed by atoms with Crippen molar-refractivity contribution in [2.24, 2.45) is 17.8 Å². The fraction of sp³-hybridized carbons (Fsp3) is 0.727. The predicted octanol–water partition coefficient (Wildman–Crippen LogP) is 1.81. The Kier molecular flexibility index (Phi) is 11.0. The number of hydrogen-bond acceptors (Lipinski definition) is 5. The lowest BCUT2D eigenvalue weighted by Gasteiger charge is -2.39. The van der Waals surface area contributed by atoms with E-state index in [1.165, 1.54) is 38.6 Å². The van der Waals surface area contributed by atoms with Crippen LogP contribution in [-0.2, 0) is 20.9 Å². The summed E-state index contributed by atoms with van der Waals surface area (Å²) < 4.78 is 11.3. The van der Waals surface area contributed by atoms with Crippen LogP contribution in [-0.4, -0.2) is 35.8 Å². The molecule has 0 radical (unpaired) electrons. The molecule has 0 spiro atoms. The molecule has 0 saturated carbocycles. The maximum Gasteiger partial charge on any atom is 0.351 e. The smallest absolute Gasteiger partial charge is 0.351 e. The summed E-state index contributed by atoms with van der Waals surface area (Å²) in [6.45, 7) is 12.3. The van der Waals surface area contributed by atoms with Crippen LogP contribution in [0.25, 0.3) is 0 Å². The van der Waals surface area contributed by atoms with E-state index in [2.05, 4.69) is 39.1 Å². The molecular weight excluding hydrogens is 374 g/mol. The van der Waals surface area contributed by atoms with Crippen molar-refractivity contribution in [2.75, 3.05) is 13.2 Å². The van der Waals surface area contributed by atoms with E-state index in [9.17, 15) is 0 Å². The van der Waals surface area contributed by atoms with Crippen LogP contribution in [0.4, 0.5) is 0 Å². The first-order valence-electron chi connectivity index (χ1n) is 10.5. The second-order valence-electron chi connectivity index (χ2n) is 8.83. The van der Waals surface area contributed by atoms with Crippen LogP contribution in [0.15, 0.2) is 22.8 Å². The van der Waals surface area contributed by atoms with E-state index < -0.39 is 11.9 Å². The first-order valence-corrected chi connectivity index (χ1v) is 10.5. The third-order valence-electron chi connectivity index (χ3n) is 5.36. The second-order valence-corrected chi connectivity index (χ2v) is 8.83. The Balaban J connectivity index is 0.000000612. The molecular formula is C22H37NO6. The number of carboxylic acids is 2. The SMILES string of the molecule is CC(C)CCC(CC[NH2+]Cc1ccco1)C1CCOC(C)(C)C1.O=C([O-])C(=O)O. The van der Waals surface area contributed by atoms with Crippen molar-refractivity contribution < 1.29 is 34.3 Å². The number of hydrogen-bond donors (Lipinski definition) is 2. The molecule has 2 rings (SSSR count). The van der Waals surface area contributed by atoms with Crippen molar-refractivity contribution in [3.8, 4) is 0 Å². The average Bonchev–Trinajstić information content (AvgIpc) is 3.14. The number of carboxylic acid groups (broad SMARTS) is 2. The van der Waals surface area contributed by atoms with Gasteiger partial charge in [0.05, 0.1) is 18.4 Å². The van der Waals surface area contributed by atoms with Gasteiger partial charge < -0.3 is 29.5 Å². The summed E-state index contributed by atoms with van der Waals surface area (Å²) in [5.74, 6) is -0.457. The molecule has 2 unspecified atom stereocenters. The van der Waals surface area contributed by atoms with Crippen molar-refractivity contribution in [2.45, 2.75) is 71.9 Å². The van der Waals surface area contributed by atoms with Gasteiger partial charge in [-0.25, -0.2) is 4.79 Å². The Morgan fingerprint density at radius 1 is 1.31 bits per heavy atom. The Morgan fingerprint density at radius 2 is 2.00 bits per heavy atom. The molecule has 29 heavy (non-hydrogen) atoms. The largest absolute Gasteiger partial charge is 0.539 e. The van der Waals surface area contributed by atoms with Crippen molar-refractivity contribution in [1.82, 2.24) is 0 Å². The number of carbonyl (C=O) groups excluding carboxylic acids is 1. The van der Waals surface area contributed by atoms with Crippen LogP contribution < -0.4 is 10.4 Å². The second kappa shape index (κ2) is 12.6. The Bertz CT molecular complexity index is 584. The zero-order valence-corrected chi connectivity index (χ0v) is 18.2. The van der Waals surface area contributed by atoms with Gasteiger partial charge in [0.1, 0.15) is 6.54 Å². The first-order chi connectivity index (χ1) is 13.6. The lowest BCUT2D eigenvalue weighted by Crippen LogP contribution is -2.82. The molecule has 0 amide bonds. The highest BCUT2D eigenvalue weighted by Gasteiger charge is 2.33. The topological polar surface area (TPSA) is 116 Å². The van der Waals surface area contributed by atoms with Crippen LogP contribution in [0.3, 0.4) is 0 Å². The van der Waals surface area contributed by atoms with Gasteiger partial charge in [0.25, 0.3) is 0 Å². The molecule has 2 atom stereocenters. The number of aliphatic carboxylic acids is 2. The number of carbonyl (C=O) groups is 2. The number of rotatable bonds is 9. The third-order valence-corrected chi connectivity index (χ3v) is 5.36. The van der Waals surface area contributed by atoms with Crippen LogP contribution in [0, 0.1) is 17.8 Å². The summed E-state index contributed by atoms with van der Waals surface area (Å²) in [6.07, 6.45) is 8.25. The summed E-state index contributed by atoms with van der Waals surface area (Å²) in [7, 11) is 0. The lowest BCUT2D eigenvalue weighted by molar-refractivity contribution is -0.673. The number of furan rings is 1. The van der Waals surface area contributed by atoms with Gasteiger partial charge >= 0.3 is 5.97 Å². The molecule has 7 heteroatoms. The van der Waals surface area contributed by atoms with Crippen molar-refractivity contribution in [3.63, 3.8) is 0 Å². The van der Waals surface area contributed by atoms with Crippen LogP contribution in [0.2, 0.25) is 0 Å². The first kappa shape index (κ1) is 25.2. The molecule has 0 aliphatic carbocycles. The molecule has 3 N–H and O–H groups in total. The summed E-state index contributed by atoms with van der Waals surface area (Å²) >= 11 is 0. The summed E-state index contributed by atoms with van der Waals surface area (Å²) in [5, 5.41) is 18.7. The molecule has 2 heterocycles. The average molecular weight is 412 g/mol. The summed E-state index contributed by atoms with van der Waals surface area (Å²) in [5.41, 5.74) is 0.0663. The monoisotopic (exact) mass is 411 g/mol. The molecule has 0 aromatic carbocycles. The molecule has 166 valence electrons. The highest BCUT2D eigenvalue weighted by Crippen LogP contribution is 2.37. The van der Waals surface area contributed by atoms with Gasteiger partial charge in [0, 0.05) is 6.61 Å². The van der Waals surface area contributed by atoms with Crippen molar-refractivity contribution in [1.29, 1.82) is 0 Å². The summed E-state index contributed by atoms with van der Waals surface area (Å²) in [4.78, 5) is 18.0. The van der Waals surface area contributed by atoms with E-state index in [-0.39, 0.29) is 5.60 Å². The molecule has 1 aromatic rings. The van der Waals surface area contributed by atoms with E-state index in [0.29, 0.717) is 0 Å². The maximum atomic E-state index is 9.04. The van der Waals surface area contributed by atoms with Gasteiger partial charge in [-0.2, -0.15) is 0 Å². The molecule has 1 aliphatic rings. The van der Waals surface area contributed by atoms with Gasteiger partial charge in [-0.05, 0) is 69.4 Å². The van der Waals surface area contributed by atoms with E-state index in [0.717, 1.165) is 36.7 Å². The Hall–Kier alpha value is -1.86. The Labute approximate surface area is 173 Å². The van der Waals surface area contributed by atoms with E-state index in [1.54, 1.807) is 6.26 Å². The van der Waals surface area contributed by atoms with Crippen LogP contribution in [0.1, 0.15) is 65.6 Å². The standard InChI is InChI=1S/C20H35NO2.C2H2O4/c1-16(2)7-8-17(18-10-13-23-20(3,4)14-18)9-11-21-15-19-6-5-12-22-19;3-1(4)2(5)6/h5-6,12,16-18,21H,7-11,13-15H2,1-4H3;(H,3,4)(H,5,6). The van der Waals surface area contributed by atoms with E-state index in [4.69, 9.17) is 29.0 Å². The fourth-order valence-electron chi connectivity index (χ4n) is 3.85. The number of ether oxygens (including phenoxy) is 1. The quantitative estimate of drug-likeness (QED) is 0.473. The normalized spacial score (nSPS) is 19.3. The third kappa shape index (κ3) is 11.0. The molecule has 1 saturated heterocycles. The van der Waals surface area contributed by atoms with E-state index in [1.807, 2.05) is 6.07 Å². The Morgan fingerprint density at radius 3 is 2.52 bits per heavy atom. The molecule has 7 nitrogen and oxygen atoms in total. The summed E-state index contributed by atoms with van der Waals surface area (Å²) in [6, 6.07) is 4.03. The van der Waals surface area contributed by atoms with E-state index >= 15 is 0 Å².